The molecule has 0 aliphatic carbocycles. The SMILES string of the molecule is COc1ccccc1-c1noc(CSc2ccc(S(=O)(=O)N3CCCC3)cn2)n1. The Labute approximate surface area is 173 Å². The van der Waals surface area contributed by atoms with E-state index in [0.717, 1.165) is 18.4 Å². The summed E-state index contributed by atoms with van der Waals surface area (Å²) in [4.78, 5) is 8.90. The highest BCUT2D eigenvalue weighted by atomic mass is 32.2. The third-order valence-electron chi connectivity index (χ3n) is 4.57. The number of methoxy groups -OCH3 is 1. The van der Waals surface area contributed by atoms with Crippen LogP contribution in [0.5, 0.6) is 5.75 Å². The van der Waals surface area contributed by atoms with Crippen LogP contribution < -0.4 is 4.74 Å². The molecule has 0 atom stereocenters. The Morgan fingerprint density at radius 1 is 1.17 bits per heavy atom. The van der Waals surface area contributed by atoms with Crippen LogP contribution in [0.15, 0.2) is 57.0 Å². The van der Waals surface area contributed by atoms with Crippen LogP contribution in [0.25, 0.3) is 11.4 Å². The van der Waals surface area contributed by atoms with Crippen LogP contribution in [0.3, 0.4) is 0 Å². The molecule has 152 valence electrons. The van der Waals surface area contributed by atoms with Crippen LogP contribution in [0.2, 0.25) is 0 Å². The number of hydrogen-bond acceptors (Lipinski definition) is 8. The van der Waals surface area contributed by atoms with Gasteiger partial charge in [0.2, 0.25) is 21.7 Å². The fourth-order valence-corrected chi connectivity index (χ4v) is 5.21. The van der Waals surface area contributed by atoms with E-state index < -0.39 is 10.0 Å². The van der Waals surface area contributed by atoms with Gasteiger partial charge in [-0.15, -0.1) is 0 Å². The molecular formula is C19H20N4O4S2. The number of benzene rings is 1. The third kappa shape index (κ3) is 4.29. The van der Waals surface area contributed by atoms with Crippen LogP contribution in [0.1, 0.15) is 18.7 Å². The van der Waals surface area contributed by atoms with Crippen LogP contribution in [0.4, 0.5) is 0 Å². The van der Waals surface area contributed by atoms with E-state index in [0.29, 0.717) is 41.3 Å². The van der Waals surface area contributed by atoms with Gasteiger partial charge in [0.15, 0.2) is 0 Å². The molecule has 3 aromatic rings. The van der Waals surface area contributed by atoms with Crippen molar-refractivity contribution in [3.8, 4) is 17.1 Å². The van der Waals surface area contributed by atoms with E-state index in [1.165, 1.54) is 22.3 Å². The molecule has 29 heavy (non-hydrogen) atoms. The summed E-state index contributed by atoms with van der Waals surface area (Å²) >= 11 is 1.40. The maximum absolute atomic E-state index is 12.6. The molecule has 0 unspecified atom stereocenters. The van der Waals surface area contributed by atoms with Gasteiger partial charge in [-0.3, -0.25) is 0 Å². The van der Waals surface area contributed by atoms with Crippen molar-refractivity contribution in [3.05, 3.63) is 48.5 Å². The first-order chi connectivity index (χ1) is 14.1. The highest BCUT2D eigenvalue weighted by Crippen LogP contribution is 2.29. The van der Waals surface area contributed by atoms with Crippen molar-refractivity contribution in [1.82, 2.24) is 19.4 Å². The molecule has 0 N–H and O–H groups in total. The Hall–Kier alpha value is -2.43. The smallest absolute Gasteiger partial charge is 0.244 e. The average Bonchev–Trinajstić information content (AvgIpc) is 3.45. The number of para-hydroxylation sites is 1. The standard InChI is InChI=1S/C19H20N4O4S2/c1-26-16-7-3-2-6-15(16)19-21-17(27-22-19)13-28-18-9-8-14(12-20-18)29(24,25)23-10-4-5-11-23/h2-3,6-9,12H,4-5,10-11,13H2,1H3. The van der Waals surface area contributed by atoms with Crippen molar-refractivity contribution in [2.24, 2.45) is 0 Å². The summed E-state index contributed by atoms with van der Waals surface area (Å²) < 4.78 is 37.3. The number of thioether (sulfide) groups is 1. The van der Waals surface area contributed by atoms with Crippen LogP contribution in [-0.4, -0.2) is 48.0 Å². The lowest BCUT2D eigenvalue weighted by molar-refractivity contribution is 0.390. The minimum Gasteiger partial charge on any atom is -0.496 e. The molecule has 8 nitrogen and oxygen atoms in total. The summed E-state index contributed by atoms with van der Waals surface area (Å²) in [6.45, 7) is 1.15. The molecule has 1 aromatic carbocycles. The third-order valence-corrected chi connectivity index (χ3v) is 7.38. The molecule has 0 saturated carbocycles. The van der Waals surface area contributed by atoms with Crippen LogP contribution in [-0.2, 0) is 15.8 Å². The minimum absolute atomic E-state index is 0.222. The van der Waals surface area contributed by atoms with Gasteiger partial charge >= 0.3 is 0 Å². The van der Waals surface area contributed by atoms with E-state index in [-0.39, 0.29) is 4.90 Å². The number of aromatic nitrogens is 3. The molecule has 10 heteroatoms. The van der Waals surface area contributed by atoms with Crippen LogP contribution >= 0.6 is 11.8 Å². The topological polar surface area (TPSA) is 98.4 Å². The van der Waals surface area contributed by atoms with E-state index in [4.69, 9.17) is 9.26 Å². The molecule has 1 saturated heterocycles. The predicted molar refractivity (Wildman–Crippen MR) is 108 cm³/mol. The Morgan fingerprint density at radius 3 is 2.69 bits per heavy atom. The number of ether oxygens (including phenoxy) is 1. The summed E-state index contributed by atoms with van der Waals surface area (Å²) in [5, 5.41) is 4.70. The summed E-state index contributed by atoms with van der Waals surface area (Å²) in [6, 6.07) is 10.7. The first kappa shape index (κ1) is 19.9. The van der Waals surface area contributed by atoms with Gasteiger partial charge in [0, 0.05) is 19.3 Å². The number of rotatable bonds is 7. The fraction of sp³-hybridized carbons (Fsp3) is 0.316. The van der Waals surface area contributed by atoms with E-state index in [1.807, 2.05) is 24.3 Å². The Bertz CT molecular complexity index is 1080. The molecule has 0 amide bonds. The first-order valence-electron chi connectivity index (χ1n) is 9.13. The second-order valence-corrected chi connectivity index (χ2v) is 9.38. The zero-order valence-electron chi connectivity index (χ0n) is 15.8. The van der Waals surface area contributed by atoms with E-state index in [9.17, 15) is 8.42 Å². The lowest BCUT2D eigenvalue weighted by atomic mass is 10.2. The number of sulfonamides is 1. The van der Waals surface area contributed by atoms with Crippen molar-refractivity contribution in [1.29, 1.82) is 0 Å². The van der Waals surface area contributed by atoms with Crippen molar-refractivity contribution < 1.29 is 17.7 Å². The molecule has 1 aliphatic rings. The zero-order chi connectivity index (χ0) is 20.3. The maximum Gasteiger partial charge on any atom is 0.244 e. The molecule has 2 aromatic heterocycles. The number of nitrogens with zero attached hydrogens (tertiary/aromatic N) is 4. The van der Waals surface area contributed by atoms with Gasteiger partial charge in [0.25, 0.3) is 0 Å². The predicted octanol–water partition coefficient (Wildman–Crippen LogP) is 3.22. The van der Waals surface area contributed by atoms with E-state index in [2.05, 4.69) is 15.1 Å². The monoisotopic (exact) mass is 432 g/mol. The van der Waals surface area contributed by atoms with Gasteiger partial charge in [0.1, 0.15) is 10.6 Å². The molecule has 4 rings (SSSR count). The van der Waals surface area contributed by atoms with Crippen molar-refractivity contribution in [3.63, 3.8) is 0 Å². The zero-order valence-corrected chi connectivity index (χ0v) is 17.4. The van der Waals surface area contributed by atoms with Crippen molar-refractivity contribution in [2.45, 2.75) is 28.5 Å². The van der Waals surface area contributed by atoms with Crippen molar-refractivity contribution in [2.75, 3.05) is 20.2 Å². The fourth-order valence-electron chi connectivity index (χ4n) is 3.07. The second-order valence-electron chi connectivity index (χ2n) is 6.44. The Balaban J connectivity index is 1.42. The van der Waals surface area contributed by atoms with E-state index >= 15 is 0 Å². The quantitative estimate of drug-likeness (QED) is 0.525. The molecule has 1 fully saturated rings. The maximum atomic E-state index is 12.6. The van der Waals surface area contributed by atoms with Gasteiger partial charge in [0.05, 0.1) is 23.5 Å². The van der Waals surface area contributed by atoms with Crippen LogP contribution in [0, 0.1) is 0 Å². The first-order valence-corrected chi connectivity index (χ1v) is 11.6. The molecule has 0 spiro atoms. The summed E-state index contributed by atoms with van der Waals surface area (Å²) in [5.41, 5.74) is 0.754. The highest BCUT2D eigenvalue weighted by molar-refractivity contribution is 7.98. The minimum atomic E-state index is -3.45. The highest BCUT2D eigenvalue weighted by Gasteiger charge is 2.27. The number of pyridine rings is 1. The average molecular weight is 433 g/mol. The van der Waals surface area contributed by atoms with Gasteiger partial charge < -0.3 is 9.26 Å². The summed E-state index contributed by atoms with van der Waals surface area (Å²) in [5.74, 6) is 2.00. The lowest BCUT2D eigenvalue weighted by Gasteiger charge is -2.15. The van der Waals surface area contributed by atoms with Gasteiger partial charge in [-0.2, -0.15) is 9.29 Å². The van der Waals surface area contributed by atoms with E-state index in [1.54, 1.807) is 19.2 Å². The van der Waals surface area contributed by atoms with Gasteiger partial charge in [-0.05, 0) is 37.1 Å². The van der Waals surface area contributed by atoms with Gasteiger partial charge in [-0.25, -0.2) is 13.4 Å². The number of hydrogen-bond donors (Lipinski definition) is 0. The second kappa shape index (κ2) is 8.52. The molecule has 3 heterocycles. The molecular weight excluding hydrogens is 412 g/mol. The van der Waals surface area contributed by atoms with Crippen molar-refractivity contribution >= 4 is 21.8 Å². The lowest BCUT2D eigenvalue weighted by Crippen LogP contribution is -2.27. The summed E-state index contributed by atoms with van der Waals surface area (Å²) in [7, 11) is -1.86. The van der Waals surface area contributed by atoms with Gasteiger partial charge in [-0.1, -0.05) is 29.1 Å². The normalized spacial score (nSPS) is 14.9. The largest absolute Gasteiger partial charge is 0.496 e. The molecule has 1 aliphatic heterocycles. The molecule has 0 radical (unpaired) electrons. The summed E-state index contributed by atoms with van der Waals surface area (Å²) in [6.07, 6.45) is 3.22. The Kier molecular flexibility index (Phi) is 5.84. The Morgan fingerprint density at radius 2 is 1.97 bits per heavy atom. The molecule has 0 bridgehead atoms.